The molecule has 94 valence electrons. The molecule has 2 rings (SSSR count). The van der Waals surface area contributed by atoms with Gasteiger partial charge in [0.1, 0.15) is 0 Å². The van der Waals surface area contributed by atoms with E-state index in [1.807, 2.05) is 60.7 Å². The molecule has 0 amide bonds. The summed E-state index contributed by atoms with van der Waals surface area (Å²) in [5.74, 6) is -0.858. The molecule has 2 radical (unpaired) electrons. The Labute approximate surface area is 115 Å². The van der Waals surface area contributed by atoms with Gasteiger partial charge in [-0.05, 0) is 31.2 Å². The summed E-state index contributed by atoms with van der Waals surface area (Å²) in [7, 11) is 4.19. The third-order valence-corrected chi connectivity index (χ3v) is 7.08. The van der Waals surface area contributed by atoms with E-state index in [0.717, 1.165) is 10.6 Å². The predicted molar refractivity (Wildman–Crippen MR) is 81.9 cm³/mol. The summed E-state index contributed by atoms with van der Waals surface area (Å²) < 4.78 is 0. The number of hydrogen-bond acceptors (Lipinski definition) is 1. The van der Waals surface area contributed by atoms with Gasteiger partial charge in [-0.3, -0.25) is 0 Å². The number of carboxylic acid groups (broad SMARTS) is 1. The second-order valence-corrected chi connectivity index (χ2v) is 7.82. The van der Waals surface area contributed by atoms with Crippen LogP contribution in [-0.4, -0.2) is 24.3 Å². The summed E-state index contributed by atoms with van der Waals surface area (Å²) in [6.07, 6.45) is 0. The fraction of sp³-hybridized carbons (Fsp3) is 0.133. The van der Waals surface area contributed by atoms with Crippen LogP contribution in [0.15, 0.2) is 60.7 Å². The van der Waals surface area contributed by atoms with Gasteiger partial charge in [-0.2, -0.15) is 0 Å². The zero-order chi connectivity index (χ0) is 13.9. The molecular weight excluding hydrogens is 254 g/mol. The van der Waals surface area contributed by atoms with E-state index in [0.29, 0.717) is 0 Å². The molecule has 0 spiro atoms. The number of hydrogen-bond donors (Lipinski definition) is 1. The Kier molecular flexibility index (Phi) is 4.06. The summed E-state index contributed by atoms with van der Waals surface area (Å²) in [4.78, 5) is 11.4. The van der Waals surface area contributed by atoms with Crippen LogP contribution in [0.25, 0.3) is 0 Å². The second-order valence-electron chi connectivity index (χ2n) is 4.46. The minimum absolute atomic E-state index is 0.614. The molecule has 0 aliphatic heterocycles. The van der Waals surface area contributed by atoms with Gasteiger partial charge in [0.2, 0.25) is 0 Å². The van der Waals surface area contributed by atoms with Crippen molar-refractivity contribution in [2.24, 2.45) is 0 Å². The van der Waals surface area contributed by atoms with Crippen molar-refractivity contribution in [3.05, 3.63) is 60.7 Å². The molecule has 0 fully saturated rings. The van der Waals surface area contributed by atoms with Crippen LogP contribution in [0.3, 0.4) is 0 Å². The van der Waals surface area contributed by atoms with Gasteiger partial charge < -0.3 is 5.11 Å². The van der Waals surface area contributed by atoms with Crippen LogP contribution in [0.4, 0.5) is 0 Å². The standard InChI is InChI=1S/C15H15BO2P/c1-12(15(17)18)19(16,13-8-4-2-5-9-13)14-10-6-3-7-11-14/h2-12H,1H3,(H,17,18)/q+1. The second kappa shape index (κ2) is 5.58. The molecule has 2 aromatic rings. The highest BCUT2D eigenvalue weighted by atomic mass is 31.2. The van der Waals surface area contributed by atoms with E-state index < -0.39 is 18.8 Å². The molecule has 0 saturated heterocycles. The van der Waals surface area contributed by atoms with Gasteiger partial charge in [-0.15, -0.1) is 0 Å². The highest BCUT2D eigenvalue weighted by molar-refractivity contribution is 8.09. The molecular formula is C15H15BO2P+. The molecule has 0 saturated carbocycles. The Morgan fingerprint density at radius 3 is 1.68 bits per heavy atom. The Bertz CT molecular complexity index is 517. The van der Waals surface area contributed by atoms with Crippen molar-refractivity contribution < 1.29 is 9.90 Å². The van der Waals surface area contributed by atoms with E-state index in [4.69, 9.17) is 7.57 Å². The summed E-state index contributed by atoms with van der Waals surface area (Å²) in [5.41, 5.74) is -0.614. The zero-order valence-corrected chi connectivity index (χ0v) is 11.6. The van der Waals surface area contributed by atoms with Crippen LogP contribution in [0.5, 0.6) is 0 Å². The lowest BCUT2D eigenvalue weighted by molar-refractivity contribution is -0.136. The molecule has 0 aromatic heterocycles. The highest BCUT2D eigenvalue weighted by Crippen LogP contribution is 2.56. The van der Waals surface area contributed by atoms with E-state index in [2.05, 4.69) is 0 Å². The van der Waals surface area contributed by atoms with Crippen molar-refractivity contribution >= 4 is 31.3 Å². The number of carbonyl (C=O) groups is 1. The van der Waals surface area contributed by atoms with Gasteiger partial charge >= 0.3 is 13.5 Å². The van der Waals surface area contributed by atoms with Crippen LogP contribution in [0, 0.1) is 0 Å². The van der Waals surface area contributed by atoms with Crippen LogP contribution >= 0.6 is 7.14 Å². The highest BCUT2D eigenvalue weighted by Gasteiger charge is 2.46. The first kappa shape index (κ1) is 13.8. The average Bonchev–Trinajstić information content (AvgIpc) is 2.47. The number of rotatable bonds is 4. The van der Waals surface area contributed by atoms with Crippen LogP contribution in [0.2, 0.25) is 0 Å². The fourth-order valence-electron chi connectivity index (χ4n) is 2.12. The first-order valence-corrected chi connectivity index (χ1v) is 8.01. The van der Waals surface area contributed by atoms with E-state index in [9.17, 15) is 9.90 Å². The Morgan fingerprint density at radius 2 is 1.37 bits per heavy atom. The third kappa shape index (κ3) is 2.57. The van der Waals surface area contributed by atoms with Gasteiger partial charge in [0, 0.05) is 7.14 Å². The van der Waals surface area contributed by atoms with Gasteiger partial charge in [0.05, 0.1) is 10.6 Å². The molecule has 0 bridgehead atoms. The van der Waals surface area contributed by atoms with Crippen molar-refractivity contribution in [1.29, 1.82) is 0 Å². The maximum atomic E-state index is 11.4. The lowest BCUT2D eigenvalue weighted by Crippen LogP contribution is -2.34. The lowest BCUT2D eigenvalue weighted by Gasteiger charge is -2.27. The predicted octanol–water partition coefficient (Wildman–Crippen LogP) is 2.21. The summed E-state index contributed by atoms with van der Waals surface area (Å²) in [5, 5.41) is 11.2. The van der Waals surface area contributed by atoms with Gasteiger partial charge in [-0.25, -0.2) is 4.79 Å². The van der Waals surface area contributed by atoms with Crippen LogP contribution in [0.1, 0.15) is 6.92 Å². The van der Waals surface area contributed by atoms with Gasteiger partial charge in [0.25, 0.3) is 0 Å². The quantitative estimate of drug-likeness (QED) is 0.682. The first-order chi connectivity index (χ1) is 9.06. The molecule has 1 N–H and O–H groups in total. The number of aliphatic carboxylic acids is 1. The van der Waals surface area contributed by atoms with Crippen molar-refractivity contribution in [2.45, 2.75) is 12.6 Å². The van der Waals surface area contributed by atoms with Crippen LogP contribution < -0.4 is 10.6 Å². The normalized spacial score (nSPS) is 12.9. The maximum Gasteiger partial charge on any atom is 0.378 e. The molecule has 0 aliphatic carbocycles. The maximum absolute atomic E-state index is 11.4. The van der Waals surface area contributed by atoms with Crippen LogP contribution in [-0.2, 0) is 4.79 Å². The molecule has 1 atom stereocenters. The van der Waals surface area contributed by atoms with E-state index >= 15 is 0 Å². The van der Waals surface area contributed by atoms with E-state index in [1.54, 1.807) is 6.92 Å². The smallest absolute Gasteiger partial charge is 0.378 e. The lowest BCUT2D eigenvalue weighted by atomic mass is 10.4. The van der Waals surface area contributed by atoms with Crippen molar-refractivity contribution in [2.75, 3.05) is 0 Å². The molecule has 19 heavy (non-hydrogen) atoms. The minimum atomic E-state index is -2.42. The minimum Gasteiger partial charge on any atom is -0.478 e. The van der Waals surface area contributed by atoms with Crippen molar-refractivity contribution in [3.63, 3.8) is 0 Å². The van der Waals surface area contributed by atoms with E-state index in [-0.39, 0.29) is 0 Å². The van der Waals surface area contributed by atoms with Gasteiger partial charge in [0.15, 0.2) is 5.66 Å². The van der Waals surface area contributed by atoms with Crippen molar-refractivity contribution in [3.8, 4) is 0 Å². The summed E-state index contributed by atoms with van der Waals surface area (Å²) >= 11 is 0. The largest absolute Gasteiger partial charge is 0.478 e. The average molecular weight is 269 g/mol. The summed E-state index contributed by atoms with van der Waals surface area (Å²) in [6, 6.07) is 19.1. The SMILES string of the molecule is [B][P+](c1ccccc1)(c1ccccc1)C(C)C(=O)O. The molecule has 4 heteroatoms. The molecule has 0 heterocycles. The Balaban J connectivity index is 2.61. The Hall–Kier alpha value is -1.60. The molecule has 1 unspecified atom stereocenters. The monoisotopic (exact) mass is 269 g/mol. The van der Waals surface area contributed by atoms with Gasteiger partial charge in [-0.1, -0.05) is 36.4 Å². The van der Waals surface area contributed by atoms with Crippen molar-refractivity contribution in [1.82, 2.24) is 0 Å². The number of carboxylic acids is 1. The first-order valence-electron chi connectivity index (χ1n) is 6.08. The van der Waals surface area contributed by atoms with E-state index in [1.165, 1.54) is 0 Å². The number of benzene rings is 2. The fourth-order valence-corrected chi connectivity index (χ4v) is 4.99. The molecule has 2 aromatic carbocycles. The topological polar surface area (TPSA) is 37.3 Å². The molecule has 2 nitrogen and oxygen atoms in total. The Morgan fingerprint density at radius 1 is 1.00 bits per heavy atom. The summed E-state index contributed by atoms with van der Waals surface area (Å²) in [6.45, 7) is 1.69. The molecule has 0 aliphatic rings. The zero-order valence-electron chi connectivity index (χ0n) is 10.7. The third-order valence-electron chi connectivity index (χ3n) is 3.34.